The number of hydrogen-bond donors (Lipinski definition) is 2. The van der Waals surface area contributed by atoms with Crippen LogP contribution in [0.4, 0.5) is 5.69 Å². The van der Waals surface area contributed by atoms with E-state index < -0.39 is 0 Å². The van der Waals surface area contributed by atoms with Crippen LogP contribution in [0, 0.1) is 0 Å². The van der Waals surface area contributed by atoms with Crippen molar-refractivity contribution >= 4 is 22.9 Å². The van der Waals surface area contributed by atoms with Crippen LogP contribution in [0.2, 0.25) is 0 Å². The van der Waals surface area contributed by atoms with Gasteiger partial charge in [0.25, 0.3) is 5.91 Å². The van der Waals surface area contributed by atoms with Gasteiger partial charge in [0.2, 0.25) is 0 Å². The molecule has 0 fully saturated rings. The van der Waals surface area contributed by atoms with Crippen LogP contribution in [0.25, 0.3) is 0 Å². The molecule has 0 spiro atoms. The molecule has 0 aliphatic heterocycles. The average Bonchev–Trinajstić information content (AvgIpc) is 2.92. The van der Waals surface area contributed by atoms with E-state index in [1.54, 1.807) is 25.7 Å². The minimum atomic E-state index is -0.176. The molecule has 1 unspecified atom stereocenters. The molecule has 0 bridgehead atoms. The predicted molar refractivity (Wildman–Crippen MR) is 84.2 cm³/mol. The van der Waals surface area contributed by atoms with Crippen molar-refractivity contribution in [2.45, 2.75) is 13.0 Å². The fourth-order valence-electron chi connectivity index (χ4n) is 1.97. The average molecular weight is 306 g/mol. The van der Waals surface area contributed by atoms with Crippen molar-refractivity contribution in [3.8, 4) is 11.5 Å². The molecule has 0 saturated heterocycles. The number of thiophene rings is 1. The highest BCUT2D eigenvalue weighted by molar-refractivity contribution is 7.12. The summed E-state index contributed by atoms with van der Waals surface area (Å²) in [7, 11) is 3.17. The Morgan fingerprint density at radius 3 is 2.52 bits per heavy atom. The first-order valence-electron chi connectivity index (χ1n) is 6.42. The van der Waals surface area contributed by atoms with E-state index >= 15 is 0 Å². The summed E-state index contributed by atoms with van der Waals surface area (Å²) in [5, 5.41) is 4.72. The van der Waals surface area contributed by atoms with Gasteiger partial charge in [-0.15, -0.1) is 11.3 Å². The van der Waals surface area contributed by atoms with Gasteiger partial charge in [-0.25, -0.2) is 0 Å². The maximum Gasteiger partial charge on any atom is 0.263 e. The number of nitrogens with two attached hydrogens (primary N) is 1. The summed E-state index contributed by atoms with van der Waals surface area (Å²) in [4.78, 5) is 12.7. The molecule has 2 rings (SSSR count). The lowest BCUT2D eigenvalue weighted by atomic mass is 10.1. The monoisotopic (exact) mass is 306 g/mol. The normalized spacial score (nSPS) is 11.8. The smallest absolute Gasteiger partial charge is 0.263 e. The first-order valence-corrected chi connectivity index (χ1v) is 7.30. The number of anilines is 1. The molecule has 1 amide bonds. The van der Waals surface area contributed by atoms with Crippen molar-refractivity contribution in [3.05, 3.63) is 40.1 Å². The lowest BCUT2D eigenvalue weighted by Crippen LogP contribution is -2.26. The molecule has 1 aromatic carbocycles. The molecule has 5 nitrogen and oxygen atoms in total. The molecule has 0 aliphatic rings. The van der Waals surface area contributed by atoms with Gasteiger partial charge in [0.15, 0.2) is 11.5 Å². The van der Waals surface area contributed by atoms with Crippen LogP contribution in [0.3, 0.4) is 0 Å². The topological polar surface area (TPSA) is 73.6 Å². The minimum absolute atomic E-state index is 0.168. The van der Waals surface area contributed by atoms with Crippen LogP contribution >= 0.6 is 11.3 Å². The van der Waals surface area contributed by atoms with Gasteiger partial charge < -0.3 is 20.5 Å². The van der Waals surface area contributed by atoms with Crippen molar-refractivity contribution in [1.82, 2.24) is 5.32 Å². The first kappa shape index (κ1) is 15.2. The molecule has 1 aromatic heterocycles. The molecule has 2 aromatic rings. The van der Waals surface area contributed by atoms with Crippen LogP contribution in [0.15, 0.2) is 29.6 Å². The maximum atomic E-state index is 12.2. The highest BCUT2D eigenvalue weighted by Gasteiger charge is 2.16. The van der Waals surface area contributed by atoms with E-state index in [1.807, 2.05) is 25.1 Å². The Balaban J connectivity index is 2.15. The summed E-state index contributed by atoms with van der Waals surface area (Å²) in [5.74, 6) is 1.11. The van der Waals surface area contributed by atoms with Crippen LogP contribution in [0.1, 0.15) is 28.2 Å². The summed E-state index contributed by atoms with van der Waals surface area (Å²) < 4.78 is 10.5. The first-order chi connectivity index (χ1) is 10.1. The number of hydrogen-bond acceptors (Lipinski definition) is 5. The number of ether oxygens (including phenoxy) is 2. The summed E-state index contributed by atoms with van der Waals surface area (Å²) in [6.45, 7) is 1.91. The molecular weight excluding hydrogens is 288 g/mol. The van der Waals surface area contributed by atoms with Crippen molar-refractivity contribution in [2.24, 2.45) is 0 Å². The molecule has 1 atom stereocenters. The molecule has 1 heterocycles. The van der Waals surface area contributed by atoms with Gasteiger partial charge in [-0.05, 0) is 36.1 Å². The molecular formula is C15H18N2O3S. The van der Waals surface area contributed by atoms with Crippen molar-refractivity contribution in [1.29, 1.82) is 0 Å². The standard InChI is InChI=1S/C15H18N2O3S/c1-9(17-15(18)14-11(16)6-7-21-14)10-4-5-12(19-2)13(8-10)20-3/h4-9H,16H2,1-3H3,(H,17,18). The highest BCUT2D eigenvalue weighted by Crippen LogP contribution is 2.30. The van der Waals surface area contributed by atoms with Gasteiger partial charge in [0.05, 0.1) is 25.9 Å². The number of benzene rings is 1. The van der Waals surface area contributed by atoms with Gasteiger partial charge >= 0.3 is 0 Å². The quantitative estimate of drug-likeness (QED) is 0.891. The minimum Gasteiger partial charge on any atom is -0.493 e. The molecule has 0 saturated carbocycles. The fourth-order valence-corrected chi connectivity index (χ4v) is 2.69. The van der Waals surface area contributed by atoms with Crippen LogP contribution in [-0.4, -0.2) is 20.1 Å². The van der Waals surface area contributed by atoms with E-state index in [0.717, 1.165) is 5.56 Å². The number of amides is 1. The third-order valence-corrected chi connectivity index (χ3v) is 4.09. The zero-order valence-electron chi connectivity index (χ0n) is 12.2. The zero-order valence-corrected chi connectivity index (χ0v) is 13.0. The zero-order chi connectivity index (χ0) is 15.4. The van der Waals surface area contributed by atoms with Gasteiger partial charge in [-0.3, -0.25) is 4.79 Å². The van der Waals surface area contributed by atoms with Gasteiger partial charge in [0, 0.05) is 0 Å². The number of nitrogen functional groups attached to an aromatic ring is 1. The maximum absolute atomic E-state index is 12.2. The predicted octanol–water partition coefficient (Wildman–Crippen LogP) is 2.84. The Kier molecular flexibility index (Phi) is 4.70. The Morgan fingerprint density at radius 2 is 1.95 bits per heavy atom. The van der Waals surface area contributed by atoms with E-state index in [1.165, 1.54) is 11.3 Å². The van der Waals surface area contributed by atoms with Crippen LogP contribution in [0.5, 0.6) is 11.5 Å². The third-order valence-electron chi connectivity index (χ3n) is 3.16. The van der Waals surface area contributed by atoms with E-state index in [2.05, 4.69) is 5.32 Å². The fraction of sp³-hybridized carbons (Fsp3) is 0.267. The summed E-state index contributed by atoms with van der Waals surface area (Å²) in [6.07, 6.45) is 0. The van der Waals surface area contributed by atoms with E-state index in [-0.39, 0.29) is 11.9 Å². The molecule has 112 valence electrons. The largest absolute Gasteiger partial charge is 0.493 e. The summed E-state index contributed by atoms with van der Waals surface area (Å²) in [6, 6.07) is 7.11. The number of carbonyl (C=O) groups excluding carboxylic acids is 1. The second-order valence-electron chi connectivity index (χ2n) is 4.51. The SMILES string of the molecule is COc1ccc(C(C)NC(=O)c2sccc2N)cc1OC. The lowest BCUT2D eigenvalue weighted by molar-refractivity contribution is 0.0944. The molecule has 3 N–H and O–H groups in total. The second kappa shape index (κ2) is 6.49. The van der Waals surface area contributed by atoms with Gasteiger partial charge in [0.1, 0.15) is 4.88 Å². The number of carbonyl (C=O) groups is 1. The molecule has 0 radical (unpaired) electrons. The Bertz CT molecular complexity index is 640. The Morgan fingerprint density at radius 1 is 1.24 bits per heavy atom. The molecule has 21 heavy (non-hydrogen) atoms. The third kappa shape index (κ3) is 3.28. The number of nitrogens with one attached hydrogen (secondary N) is 1. The van der Waals surface area contributed by atoms with E-state index in [9.17, 15) is 4.79 Å². The lowest BCUT2D eigenvalue weighted by Gasteiger charge is -2.16. The number of methoxy groups -OCH3 is 2. The highest BCUT2D eigenvalue weighted by atomic mass is 32.1. The second-order valence-corrected chi connectivity index (χ2v) is 5.43. The van der Waals surface area contributed by atoms with Gasteiger partial charge in [-0.1, -0.05) is 6.07 Å². The number of rotatable bonds is 5. The van der Waals surface area contributed by atoms with E-state index in [0.29, 0.717) is 22.1 Å². The van der Waals surface area contributed by atoms with Crippen LogP contribution < -0.4 is 20.5 Å². The van der Waals surface area contributed by atoms with Crippen LogP contribution in [-0.2, 0) is 0 Å². The summed E-state index contributed by atoms with van der Waals surface area (Å²) >= 11 is 1.33. The van der Waals surface area contributed by atoms with Crippen molar-refractivity contribution in [3.63, 3.8) is 0 Å². The Hall–Kier alpha value is -2.21. The Labute approximate surface area is 127 Å². The summed E-state index contributed by atoms with van der Waals surface area (Å²) in [5.41, 5.74) is 7.18. The molecule has 6 heteroatoms. The van der Waals surface area contributed by atoms with E-state index in [4.69, 9.17) is 15.2 Å². The van der Waals surface area contributed by atoms with Gasteiger partial charge in [-0.2, -0.15) is 0 Å². The van der Waals surface area contributed by atoms with Crippen molar-refractivity contribution in [2.75, 3.05) is 20.0 Å². The van der Waals surface area contributed by atoms with Crippen molar-refractivity contribution < 1.29 is 14.3 Å². The molecule has 0 aliphatic carbocycles.